The molecule has 1 aromatic heterocycles. The zero-order chi connectivity index (χ0) is 10.8. The van der Waals surface area contributed by atoms with Gasteiger partial charge in [0.2, 0.25) is 0 Å². The zero-order valence-electron chi connectivity index (χ0n) is 7.57. The van der Waals surface area contributed by atoms with Gasteiger partial charge in [-0.2, -0.15) is 5.10 Å². The van der Waals surface area contributed by atoms with E-state index in [1.807, 2.05) is 18.2 Å². The Kier molecular flexibility index (Phi) is 2.81. The highest BCUT2D eigenvalue weighted by atomic mass is 79.9. The Hall–Kier alpha value is -1.23. The summed E-state index contributed by atoms with van der Waals surface area (Å²) in [6, 6.07) is 7.29. The van der Waals surface area contributed by atoms with E-state index in [1.54, 1.807) is 6.07 Å². The summed E-state index contributed by atoms with van der Waals surface area (Å²) in [5, 5.41) is 3.86. The summed E-state index contributed by atoms with van der Waals surface area (Å²) in [6.45, 7) is 0. The molecular formula is C10H7BrF2N2. The van der Waals surface area contributed by atoms with Gasteiger partial charge < -0.3 is 0 Å². The standard InChI is InChI=1S/C10H7BrF2N2/c11-8-2-1-3-9(4-8)15-6-7(5-14-15)10(12)13/h1-6,10H. The second kappa shape index (κ2) is 4.10. The predicted octanol–water partition coefficient (Wildman–Crippen LogP) is 3.57. The van der Waals surface area contributed by atoms with E-state index in [2.05, 4.69) is 21.0 Å². The van der Waals surface area contributed by atoms with Gasteiger partial charge in [0.15, 0.2) is 0 Å². The molecule has 2 nitrogen and oxygen atoms in total. The molecule has 0 radical (unpaired) electrons. The molecule has 0 bridgehead atoms. The van der Waals surface area contributed by atoms with E-state index in [-0.39, 0.29) is 5.56 Å². The van der Waals surface area contributed by atoms with E-state index in [1.165, 1.54) is 17.1 Å². The molecule has 0 atom stereocenters. The van der Waals surface area contributed by atoms with Crippen LogP contribution in [0.4, 0.5) is 8.78 Å². The first kappa shape index (κ1) is 10.3. The number of hydrogen-bond acceptors (Lipinski definition) is 1. The summed E-state index contributed by atoms with van der Waals surface area (Å²) in [5.74, 6) is 0. The van der Waals surface area contributed by atoms with Crippen molar-refractivity contribution in [1.82, 2.24) is 9.78 Å². The predicted molar refractivity (Wildman–Crippen MR) is 56.2 cm³/mol. The van der Waals surface area contributed by atoms with Crippen LogP contribution in [0.2, 0.25) is 0 Å². The van der Waals surface area contributed by atoms with Crippen molar-refractivity contribution in [3.05, 3.63) is 46.7 Å². The number of benzene rings is 1. The van der Waals surface area contributed by atoms with Gasteiger partial charge in [0.25, 0.3) is 6.43 Å². The molecule has 0 saturated heterocycles. The zero-order valence-corrected chi connectivity index (χ0v) is 9.16. The van der Waals surface area contributed by atoms with Crippen molar-refractivity contribution in [2.45, 2.75) is 6.43 Å². The number of aromatic nitrogens is 2. The third-order valence-electron chi connectivity index (χ3n) is 1.93. The Balaban J connectivity index is 2.37. The Morgan fingerprint density at radius 2 is 2.13 bits per heavy atom. The minimum Gasteiger partial charge on any atom is -0.240 e. The maximum Gasteiger partial charge on any atom is 0.266 e. The molecule has 2 rings (SSSR count). The molecule has 78 valence electrons. The first-order chi connectivity index (χ1) is 7.16. The Morgan fingerprint density at radius 3 is 2.73 bits per heavy atom. The number of alkyl halides is 2. The van der Waals surface area contributed by atoms with Gasteiger partial charge in [-0.15, -0.1) is 0 Å². The summed E-state index contributed by atoms with van der Waals surface area (Å²) >= 11 is 3.31. The molecule has 0 unspecified atom stereocenters. The fourth-order valence-corrected chi connectivity index (χ4v) is 1.60. The summed E-state index contributed by atoms with van der Waals surface area (Å²) in [4.78, 5) is 0. The maximum absolute atomic E-state index is 12.3. The van der Waals surface area contributed by atoms with E-state index >= 15 is 0 Å². The summed E-state index contributed by atoms with van der Waals surface area (Å²) in [6.07, 6.45) is 0.0174. The van der Waals surface area contributed by atoms with Crippen LogP contribution in [0.3, 0.4) is 0 Å². The summed E-state index contributed by atoms with van der Waals surface area (Å²) < 4.78 is 26.9. The second-order valence-electron chi connectivity index (χ2n) is 3.00. The SMILES string of the molecule is FC(F)c1cnn(-c2cccc(Br)c2)c1. The third kappa shape index (κ3) is 2.23. The average Bonchev–Trinajstić information content (AvgIpc) is 2.66. The van der Waals surface area contributed by atoms with Gasteiger partial charge >= 0.3 is 0 Å². The number of hydrogen-bond donors (Lipinski definition) is 0. The van der Waals surface area contributed by atoms with Crippen LogP contribution in [-0.4, -0.2) is 9.78 Å². The summed E-state index contributed by atoms with van der Waals surface area (Å²) in [7, 11) is 0. The van der Waals surface area contributed by atoms with E-state index in [0.717, 1.165) is 10.2 Å². The number of halogens is 3. The van der Waals surface area contributed by atoms with Gasteiger partial charge in [-0.1, -0.05) is 22.0 Å². The maximum atomic E-state index is 12.3. The molecule has 5 heteroatoms. The first-order valence-corrected chi connectivity index (χ1v) is 5.05. The number of rotatable bonds is 2. The second-order valence-corrected chi connectivity index (χ2v) is 3.91. The number of nitrogens with zero attached hydrogens (tertiary/aromatic N) is 2. The van der Waals surface area contributed by atoms with E-state index in [9.17, 15) is 8.78 Å². The van der Waals surface area contributed by atoms with Gasteiger partial charge in [0.1, 0.15) is 0 Å². The molecule has 0 spiro atoms. The van der Waals surface area contributed by atoms with Crippen molar-refractivity contribution < 1.29 is 8.78 Å². The van der Waals surface area contributed by atoms with Crippen LogP contribution < -0.4 is 0 Å². The molecule has 15 heavy (non-hydrogen) atoms. The van der Waals surface area contributed by atoms with Gasteiger partial charge in [0, 0.05) is 10.7 Å². The molecule has 1 heterocycles. The molecule has 0 saturated carbocycles. The fraction of sp³-hybridized carbons (Fsp3) is 0.100. The molecule has 2 aromatic rings. The normalized spacial score (nSPS) is 10.9. The van der Waals surface area contributed by atoms with Crippen molar-refractivity contribution >= 4 is 15.9 Å². The van der Waals surface area contributed by atoms with E-state index in [4.69, 9.17) is 0 Å². The minimum absolute atomic E-state index is 0.0741. The van der Waals surface area contributed by atoms with Crippen LogP contribution in [0.1, 0.15) is 12.0 Å². The van der Waals surface area contributed by atoms with Crippen LogP contribution in [0.25, 0.3) is 5.69 Å². The Labute approximate surface area is 93.7 Å². The molecule has 0 N–H and O–H groups in total. The molecular weight excluding hydrogens is 266 g/mol. The van der Waals surface area contributed by atoms with Crippen LogP contribution in [0.15, 0.2) is 41.1 Å². The smallest absolute Gasteiger partial charge is 0.240 e. The largest absolute Gasteiger partial charge is 0.266 e. The fourth-order valence-electron chi connectivity index (χ4n) is 1.21. The summed E-state index contributed by atoms with van der Waals surface area (Å²) in [5.41, 5.74) is 0.672. The Morgan fingerprint density at radius 1 is 1.33 bits per heavy atom. The Bertz CT molecular complexity index is 468. The van der Waals surface area contributed by atoms with Crippen molar-refractivity contribution in [2.24, 2.45) is 0 Å². The van der Waals surface area contributed by atoms with Crippen molar-refractivity contribution in [3.63, 3.8) is 0 Å². The molecule has 0 aliphatic heterocycles. The van der Waals surface area contributed by atoms with E-state index < -0.39 is 6.43 Å². The van der Waals surface area contributed by atoms with Gasteiger partial charge in [-0.05, 0) is 18.2 Å². The van der Waals surface area contributed by atoms with Crippen LogP contribution in [0, 0.1) is 0 Å². The topological polar surface area (TPSA) is 17.8 Å². The minimum atomic E-state index is -2.48. The highest BCUT2D eigenvalue weighted by molar-refractivity contribution is 9.10. The molecule has 0 aliphatic carbocycles. The molecule has 0 amide bonds. The average molecular weight is 273 g/mol. The highest BCUT2D eigenvalue weighted by Gasteiger charge is 2.10. The van der Waals surface area contributed by atoms with Crippen LogP contribution in [0.5, 0.6) is 0 Å². The first-order valence-electron chi connectivity index (χ1n) is 4.25. The molecule has 0 aliphatic rings. The lowest BCUT2D eigenvalue weighted by atomic mass is 10.3. The highest BCUT2D eigenvalue weighted by Crippen LogP contribution is 2.20. The molecule has 0 fully saturated rings. The van der Waals surface area contributed by atoms with Crippen molar-refractivity contribution in [3.8, 4) is 5.69 Å². The van der Waals surface area contributed by atoms with Crippen molar-refractivity contribution in [2.75, 3.05) is 0 Å². The monoisotopic (exact) mass is 272 g/mol. The van der Waals surface area contributed by atoms with Gasteiger partial charge in [-0.3, -0.25) is 0 Å². The van der Waals surface area contributed by atoms with E-state index in [0.29, 0.717) is 0 Å². The van der Waals surface area contributed by atoms with Gasteiger partial charge in [0.05, 0.1) is 17.4 Å². The third-order valence-corrected chi connectivity index (χ3v) is 2.42. The van der Waals surface area contributed by atoms with Crippen LogP contribution >= 0.6 is 15.9 Å². The quantitative estimate of drug-likeness (QED) is 0.817. The van der Waals surface area contributed by atoms with Gasteiger partial charge in [-0.25, -0.2) is 13.5 Å². The van der Waals surface area contributed by atoms with Crippen molar-refractivity contribution in [1.29, 1.82) is 0 Å². The van der Waals surface area contributed by atoms with Crippen LogP contribution in [-0.2, 0) is 0 Å². The lowest BCUT2D eigenvalue weighted by Crippen LogP contribution is -1.93. The lowest BCUT2D eigenvalue weighted by Gasteiger charge is -2.00. The lowest BCUT2D eigenvalue weighted by molar-refractivity contribution is 0.151. The molecule has 1 aromatic carbocycles.